The molecule has 0 aromatic heterocycles. The summed E-state index contributed by atoms with van der Waals surface area (Å²) in [6.45, 7) is 6.79. The molecule has 0 heterocycles. The number of nitrogens with two attached hydrogens (primary N) is 1. The van der Waals surface area contributed by atoms with Crippen molar-refractivity contribution in [2.45, 2.75) is 58.0 Å². The third-order valence-electron chi connectivity index (χ3n) is 7.25. The number of primary amides is 1. The van der Waals surface area contributed by atoms with E-state index < -0.39 is 57.4 Å². The fourth-order valence-electron chi connectivity index (χ4n) is 5.57. The number of phenols is 1. The summed E-state index contributed by atoms with van der Waals surface area (Å²) in [4.78, 5) is 50.9. The Morgan fingerprint density at radius 1 is 1.12 bits per heavy atom. The Labute approximate surface area is 195 Å². The zero-order chi connectivity index (χ0) is 25.5. The predicted octanol–water partition coefficient (Wildman–Crippen LogP) is 2.08. The van der Waals surface area contributed by atoms with Crippen molar-refractivity contribution in [1.82, 2.24) is 0 Å². The number of aliphatic hydroxyl groups excluding tert-OH is 2. The third-order valence-corrected chi connectivity index (χ3v) is 7.25. The highest BCUT2D eigenvalue weighted by molar-refractivity contribution is 6.24. The summed E-state index contributed by atoms with van der Waals surface area (Å²) in [5, 5.41) is 43.7. The lowest BCUT2D eigenvalue weighted by atomic mass is 9.59. The minimum Gasteiger partial charge on any atom is -0.511 e. The van der Waals surface area contributed by atoms with Crippen LogP contribution in [0.4, 0.5) is 0 Å². The Kier molecular flexibility index (Phi) is 5.06. The molecule has 0 fully saturated rings. The lowest BCUT2D eigenvalue weighted by Crippen LogP contribution is -2.57. The first-order valence-electron chi connectivity index (χ1n) is 11.0. The number of carbonyl (C=O) groups is 4. The molecule has 0 saturated heterocycles. The number of phenolic OH excluding ortho intramolecular Hbond substituents is 1. The summed E-state index contributed by atoms with van der Waals surface area (Å²) >= 11 is 0. The molecule has 6 N–H and O–H groups in total. The van der Waals surface area contributed by atoms with Crippen LogP contribution in [0.2, 0.25) is 0 Å². The van der Waals surface area contributed by atoms with Crippen LogP contribution in [0.15, 0.2) is 28.7 Å². The van der Waals surface area contributed by atoms with Crippen LogP contribution in [0, 0.1) is 11.8 Å². The summed E-state index contributed by atoms with van der Waals surface area (Å²) < 4.78 is 0. The molecule has 4 rings (SSSR count). The van der Waals surface area contributed by atoms with Gasteiger partial charge in [-0.2, -0.15) is 0 Å². The number of rotatable bonds is 2. The number of allylic oxidation sites excluding steroid dienone is 2. The van der Waals surface area contributed by atoms with E-state index in [0.29, 0.717) is 11.1 Å². The van der Waals surface area contributed by atoms with Crippen molar-refractivity contribution < 1.29 is 39.6 Å². The molecule has 34 heavy (non-hydrogen) atoms. The third kappa shape index (κ3) is 3.03. The van der Waals surface area contributed by atoms with Gasteiger partial charge >= 0.3 is 0 Å². The van der Waals surface area contributed by atoms with E-state index in [9.17, 15) is 39.6 Å². The highest BCUT2D eigenvalue weighted by Gasteiger charge is 2.59. The molecule has 0 unspecified atom stereocenters. The second-order valence-electron chi connectivity index (χ2n) is 10.4. The van der Waals surface area contributed by atoms with Gasteiger partial charge in [0.25, 0.3) is 5.91 Å². The number of carbonyl (C=O) groups excluding carboxylic acids is 4. The van der Waals surface area contributed by atoms with Crippen LogP contribution in [0.3, 0.4) is 0 Å². The van der Waals surface area contributed by atoms with Gasteiger partial charge in [0.1, 0.15) is 22.8 Å². The molecule has 1 amide bonds. The molecule has 0 spiro atoms. The van der Waals surface area contributed by atoms with Crippen LogP contribution in [0.1, 0.15) is 72.4 Å². The fraction of sp³-hybridized carbons (Fsp3) is 0.440. The summed E-state index contributed by atoms with van der Waals surface area (Å²) in [6, 6.07) is 1.58. The van der Waals surface area contributed by atoms with E-state index >= 15 is 0 Å². The van der Waals surface area contributed by atoms with Crippen molar-refractivity contribution in [3.63, 3.8) is 0 Å². The van der Waals surface area contributed by atoms with Crippen LogP contribution in [-0.4, -0.2) is 49.3 Å². The molecule has 3 aliphatic carbocycles. The molecule has 1 aromatic rings. The average Bonchev–Trinajstić information content (AvgIpc) is 2.69. The SMILES string of the molecule is CC(=O)c1cc(C(C)(C)C)c(O)c2c1C[C@H]1C[C@H]3CC(O)=C(C(N)=O)C(=O)[C@@]3(O)C(O)=C1C2=O. The van der Waals surface area contributed by atoms with Gasteiger partial charge in [-0.3, -0.25) is 19.2 Å². The molecule has 9 nitrogen and oxygen atoms in total. The Bertz CT molecular complexity index is 1260. The summed E-state index contributed by atoms with van der Waals surface area (Å²) in [7, 11) is 0. The predicted molar refractivity (Wildman–Crippen MR) is 120 cm³/mol. The Hall–Kier alpha value is -3.46. The van der Waals surface area contributed by atoms with Crippen molar-refractivity contribution in [2.24, 2.45) is 17.6 Å². The molecule has 1 aromatic carbocycles. The number of ketones is 3. The van der Waals surface area contributed by atoms with E-state index in [-0.39, 0.29) is 47.5 Å². The lowest BCUT2D eigenvalue weighted by molar-refractivity contribution is -0.144. The maximum Gasteiger partial charge on any atom is 0.255 e. The lowest BCUT2D eigenvalue weighted by Gasteiger charge is -2.45. The van der Waals surface area contributed by atoms with E-state index in [1.165, 1.54) is 6.92 Å². The van der Waals surface area contributed by atoms with E-state index in [0.717, 1.165) is 0 Å². The van der Waals surface area contributed by atoms with Gasteiger partial charge in [0.05, 0.1) is 5.56 Å². The Balaban J connectivity index is 1.98. The van der Waals surface area contributed by atoms with Crippen molar-refractivity contribution in [3.8, 4) is 5.75 Å². The number of Topliss-reactive ketones (excluding diaryl/α,β-unsaturated/α-hetero) is 3. The Morgan fingerprint density at radius 2 is 1.74 bits per heavy atom. The van der Waals surface area contributed by atoms with Gasteiger partial charge in [-0.05, 0) is 42.7 Å². The highest BCUT2D eigenvalue weighted by atomic mass is 16.3. The quantitative estimate of drug-likeness (QED) is 0.323. The molecule has 9 heteroatoms. The van der Waals surface area contributed by atoms with Crippen LogP contribution in [-0.2, 0) is 21.4 Å². The first-order chi connectivity index (χ1) is 15.6. The summed E-state index contributed by atoms with van der Waals surface area (Å²) in [6.07, 6.45) is -0.188. The normalized spacial score (nSPS) is 26.7. The maximum atomic E-state index is 13.7. The van der Waals surface area contributed by atoms with Crippen molar-refractivity contribution >= 4 is 23.3 Å². The fourth-order valence-corrected chi connectivity index (χ4v) is 5.57. The van der Waals surface area contributed by atoms with Crippen molar-refractivity contribution in [1.29, 1.82) is 0 Å². The van der Waals surface area contributed by atoms with Crippen molar-refractivity contribution in [2.75, 3.05) is 0 Å². The molecular formula is C25H27NO8. The second kappa shape index (κ2) is 7.27. The van der Waals surface area contributed by atoms with E-state index in [4.69, 9.17) is 5.73 Å². The van der Waals surface area contributed by atoms with E-state index in [2.05, 4.69) is 0 Å². The van der Waals surface area contributed by atoms with Crippen LogP contribution < -0.4 is 5.73 Å². The van der Waals surface area contributed by atoms with Gasteiger partial charge in [-0.25, -0.2) is 0 Å². The number of benzene rings is 1. The number of amides is 1. The van der Waals surface area contributed by atoms with Gasteiger partial charge in [0.2, 0.25) is 5.78 Å². The maximum absolute atomic E-state index is 13.7. The zero-order valence-electron chi connectivity index (χ0n) is 19.4. The number of fused-ring (bicyclic) bond motifs is 3. The van der Waals surface area contributed by atoms with Crippen LogP contribution in [0.5, 0.6) is 5.75 Å². The average molecular weight is 469 g/mol. The van der Waals surface area contributed by atoms with Gasteiger partial charge < -0.3 is 26.2 Å². The van der Waals surface area contributed by atoms with E-state index in [1.807, 2.05) is 20.8 Å². The highest BCUT2D eigenvalue weighted by Crippen LogP contribution is 2.52. The summed E-state index contributed by atoms with van der Waals surface area (Å²) in [5.74, 6) is -7.13. The topological polar surface area (TPSA) is 175 Å². The molecule has 180 valence electrons. The number of hydrogen-bond acceptors (Lipinski definition) is 8. The zero-order valence-corrected chi connectivity index (χ0v) is 19.4. The van der Waals surface area contributed by atoms with Gasteiger partial charge in [-0.15, -0.1) is 0 Å². The Morgan fingerprint density at radius 3 is 2.26 bits per heavy atom. The summed E-state index contributed by atoms with van der Waals surface area (Å²) in [5.41, 5.74) is 1.75. The monoisotopic (exact) mass is 469 g/mol. The minimum atomic E-state index is -2.61. The van der Waals surface area contributed by atoms with Crippen LogP contribution in [0.25, 0.3) is 0 Å². The number of aliphatic hydroxyl groups is 3. The molecule has 0 saturated carbocycles. The molecule has 0 aliphatic heterocycles. The smallest absolute Gasteiger partial charge is 0.255 e. The van der Waals surface area contributed by atoms with E-state index in [1.54, 1.807) is 6.07 Å². The first-order valence-corrected chi connectivity index (χ1v) is 11.0. The van der Waals surface area contributed by atoms with Crippen molar-refractivity contribution in [3.05, 3.63) is 51.0 Å². The molecule has 0 radical (unpaired) electrons. The largest absolute Gasteiger partial charge is 0.511 e. The van der Waals surface area contributed by atoms with Gasteiger partial charge in [0, 0.05) is 29.0 Å². The first kappa shape index (κ1) is 23.7. The van der Waals surface area contributed by atoms with Crippen LogP contribution >= 0.6 is 0 Å². The van der Waals surface area contributed by atoms with Gasteiger partial charge in [0.15, 0.2) is 17.2 Å². The standard InChI is InChI=1S/C25H27NO8/c1-9(27)12-8-14(24(2,3)4)19(29)17-13(12)6-10-5-11-7-15(28)18(23(26)33)22(32)25(11,34)21(31)16(10)20(17)30/h8,10-11,28-29,31,34H,5-7H2,1-4H3,(H2,26,33)/t10-,11+,25+/m1/s1. The second-order valence-corrected chi connectivity index (χ2v) is 10.4. The number of hydrogen-bond donors (Lipinski definition) is 5. The molecular weight excluding hydrogens is 442 g/mol. The molecule has 3 atom stereocenters. The molecule has 0 bridgehead atoms. The number of aromatic hydroxyl groups is 1. The van der Waals surface area contributed by atoms with Gasteiger partial charge in [-0.1, -0.05) is 20.8 Å². The minimum absolute atomic E-state index is 0.0159. The molecule has 3 aliphatic rings.